The number of hydrogen-bond acceptors (Lipinski definition) is 2. The Kier molecular flexibility index (Phi) is 3.96. The molecule has 0 aliphatic heterocycles. The molecule has 1 N–H and O–H groups in total. The summed E-state index contributed by atoms with van der Waals surface area (Å²) >= 11 is 0. The SMILES string of the molecule is CNC(=O)C=CCN(C)C1CCC1. The van der Waals surface area contributed by atoms with Gasteiger partial charge in [0.15, 0.2) is 0 Å². The van der Waals surface area contributed by atoms with Crippen LogP contribution in [0.5, 0.6) is 0 Å². The third-order valence-electron chi connectivity index (χ3n) is 2.61. The van der Waals surface area contributed by atoms with Crippen molar-refractivity contribution >= 4 is 5.91 Å². The van der Waals surface area contributed by atoms with Crippen LogP contribution in [0.25, 0.3) is 0 Å². The van der Waals surface area contributed by atoms with Crippen molar-refractivity contribution in [1.82, 2.24) is 10.2 Å². The highest BCUT2D eigenvalue weighted by atomic mass is 16.1. The van der Waals surface area contributed by atoms with Gasteiger partial charge in [-0.05, 0) is 19.9 Å². The molecule has 13 heavy (non-hydrogen) atoms. The zero-order valence-corrected chi connectivity index (χ0v) is 8.42. The maximum atomic E-state index is 10.8. The Morgan fingerprint density at radius 3 is 2.77 bits per heavy atom. The maximum absolute atomic E-state index is 10.8. The third-order valence-corrected chi connectivity index (χ3v) is 2.61. The van der Waals surface area contributed by atoms with E-state index in [9.17, 15) is 4.79 Å². The summed E-state index contributed by atoms with van der Waals surface area (Å²) in [6.07, 6.45) is 7.48. The largest absolute Gasteiger partial charge is 0.356 e. The molecule has 1 aliphatic rings. The van der Waals surface area contributed by atoms with E-state index in [0.717, 1.165) is 12.6 Å². The van der Waals surface area contributed by atoms with Gasteiger partial charge >= 0.3 is 0 Å². The summed E-state index contributed by atoms with van der Waals surface area (Å²) in [5.41, 5.74) is 0. The predicted octanol–water partition coefficient (Wildman–Crippen LogP) is 0.773. The molecule has 1 saturated carbocycles. The number of nitrogens with zero attached hydrogens (tertiary/aromatic N) is 1. The quantitative estimate of drug-likeness (QED) is 0.651. The standard InChI is InChI=1S/C10H18N2O/c1-11-10(13)7-4-8-12(2)9-5-3-6-9/h4,7,9H,3,5-6,8H2,1-2H3,(H,11,13). The van der Waals surface area contributed by atoms with Gasteiger partial charge in [0, 0.05) is 25.7 Å². The lowest BCUT2D eigenvalue weighted by molar-refractivity contribution is -0.116. The number of rotatable bonds is 4. The molecule has 3 nitrogen and oxygen atoms in total. The van der Waals surface area contributed by atoms with E-state index in [1.54, 1.807) is 13.1 Å². The van der Waals surface area contributed by atoms with Crippen molar-refractivity contribution in [3.05, 3.63) is 12.2 Å². The second-order valence-corrected chi connectivity index (χ2v) is 3.54. The molecule has 0 spiro atoms. The zero-order valence-electron chi connectivity index (χ0n) is 8.42. The van der Waals surface area contributed by atoms with Crippen LogP contribution < -0.4 is 5.32 Å². The minimum Gasteiger partial charge on any atom is -0.356 e. The maximum Gasteiger partial charge on any atom is 0.243 e. The molecule has 1 aliphatic carbocycles. The van der Waals surface area contributed by atoms with Gasteiger partial charge < -0.3 is 5.32 Å². The number of hydrogen-bond donors (Lipinski definition) is 1. The number of amides is 1. The Morgan fingerprint density at radius 1 is 1.62 bits per heavy atom. The van der Waals surface area contributed by atoms with Crippen molar-refractivity contribution in [2.75, 3.05) is 20.6 Å². The lowest BCUT2D eigenvalue weighted by Crippen LogP contribution is -2.37. The summed E-state index contributed by atoms with van der Waals surface area (Å²) in [4.78, 5) is 13.1. The molecule has 74 valence electrons. The number of carbonyl (C=O) groups is 1. The van der Waals surface area contributed by atoms with E-state index in [4.69, 9.17) is 0 Å². The smallest absolute Gasteiger partial charge is 0.243 e. The fraction of sp³-hybridized carbons (Fsp3) is 0.700. The van der Waals surface area contributed by atoms with E-state index in [2.05, 4.69) is 17.3 Å². The molecule has 1 rings (SSSR count). The third kappa shape index (κ3) is 3.19. The van der Waals surface area contributed by atoms with Crippen LogP contribution in [0.15, 0.2) is 12.2 Å². The van der Waals surface area contributed by atoms with E-state index in [1.807, 2.05) is 6.08 Å². The van der Waals surface area contributed by atoms with Crippen LogP contribution >= 0.6 is 0 Å². The fourth-order valence-electron chi connectivity index (χ4n) is 1.39. The fourth-order valence-corrected chi connectivity index (χ4v) is 1.39. The molecule has 3 heteroatoms. The summed E-state index contributed by atoms with van der Waals surface area (Å²) in [5, 5.41) is 2.55. The Morgan fingerprint density at radius 2 is 2.31 bits per heavy atom. The van der Waals surface area contributed by atoms with E-state index in [-0.39, 0.29) is 5.91 Å². The number of likely N-dealkylation sites (N-methyl/N-ethyl adjacent to an activating group) is 2. The van der Waals surface area contributed by atoms with Crippen molar-refractivity contribution in [2.24, 2.45) is 0 Å². The van der Waals surface area contributed by atoms with Gasteiger partial charge in [-0.1, -0.05) is 12.5 Å². The van der Waals surface area contributed by atoms with Gasteiger partial charge in [-0.2, -0.15) is 0 Å². The highest BCUT2D eigenvalue weighted by molar-refractivity contribution is 5.87. The Labute approximate surface area is 79.8 Å². The predicted molar refractivity (Wildman–Crippen MR) is 53.5 cm³/mol. The number of carbonyl (C=O) groups excluding carboxylic acids is 1. The molecule has 1 fully saturated rings. The second-order valence-electron chi connectivity index (χ2n) is 3.54. The number of nitrogens with one attached hydrogen (secondary N) is 1. The first-order valence-electron chi connectivity index (χ1n) is 4.82. The van der Waals surface area contributed by atoms with Crippen LogP contribution in [0, 0.1) is 0 Å². The second kappa shape index (κ2) is 5.02. The highest BCUT2D eigenvalue weighted by Gasteiger charge is 2.20. The molecule has 0 atom stereocenters. The van der Waals surface area contributed by atoms with Gasteiger partial charge in [0.25, 0.3) is 0 Å². The first-order chi connectivity index (χ1) is 6.24. The van der Waals surface area contributed by atoms with E-state index < -0.39 is 0 Å². The summed E-state index contributed by atoms with van der Waals surface area (Å²) in [6, 6.07) is 0.745. The summed E-state index contributed by atoms with van der Waals surface area (Å²) in [5.74, 6) is -0.0259. The summed E-state index contributed by atoms with van der Waals surface area (Å²) in [7, 11) is 3.75. The van der Waals surface area contributed by atoms with Gasteiger partial charge in [0.2, 0.25) is 5.91 Å². The lowest BCUT2D eigenvalue weighted by atomic mass is 9.92. The summed E-state index contributed by atoms with van der Waals surface area (Å²) in [6.45, 7) is 0.873. The van der Waals surface area contributed by atoms with E-state index >= 15 is 0 Å². The Bertz CT molecular complexity index is 197. The van der Waals surface area contributed by atoms with Crippen LogP contribution in [0.3, 0.4) is 0 Å². The van der Waals surface area contributed by atoms with E-state index in [1.165, 1.54) is 19.3 Å². The van der Waals surface area contributed by atoms with Crippen molar-refractivity contribution in [3.8, 4) is 0 Å². The molecule has 0 radical (unpaired) electrons. The molecular formula is C10H18N2O. The normalized spacial score (nSPS) is 17.8. The van der Waals surface area contributed by atoms with Gasteiger partial charge in [0.05, 0.1) is 0 Å². The molecule has 0 aromatic heterocycles. The van der Waals surface area contributed by atoms with Gasteiger partial charge in [0.1, 0.15) is 0 Å². The molecule has 0 bridgehead atoms. The van der Waals surface area contributed by atoms with Crippen LogP contribution in [0.4, 0.5) is 0 Å². The van der Waals surface area contributed by atoms with Crippen LogP contribution in [0.2, 0.25) is 0 Å². The summed E-state index contributed by atoms with van der Waals surface area (Å²) < 4.78 is 0. The first kappa shape index (κ1) is 10.3. The average molecular weight is 182 g/mol. The van der Waals surface area contributed by atoms with Crippen molar-refractivity contribution in [2.45, 2.75) is 25.3 Å². The molecule has 0 aromatic carbocycles. The molecule has 0 saturated heterocycles. The van der Waals surface area contributed by atoms with Gasteiger partial charge in [-0.15, -0.1) is 0 Å². The van der Waals surface area contributed by atoms with Crippen molar-refractivity contribution in [1.29, 1.82) is 0 Å². The van der Waals surface area contributed by atoms with E-state index in [0.29, 0.717) is 0 Å². The topological polar surface area (TPSA) is 32.3 Å². The lowest BCUT2D eigenvalue weighted by Gasteiger charge is -2.33. The molecular weight excluding hydrogens is 164 g/mol. The monoisotopic (exact) mass is 182 g/mol. The van der Waals surface area contributed by atoms with Crippen LogP contribution in [-0.2, 0) is 4.79 Å². The first-order valence-corrected chi connectivity index (χ1v) is 4.82. The zero-order chi connectivity index (χ0) is 9.68. The minimum atomic E-state index is -0.0259. The van der Waals surface area contributed by atoms with Crippen LogP contribution in [0.1, 0.15) is 19.3 Å². The molecule has 1 amide bonds. The molecule has 0 aromatic rings. The average Bonchev–Trinajstić information content (AvgIpc) is 2.01. The molecule has 0 unspecified atom stereocenters. The van der Waals surface area contributed by atoms with Gasteiger partial charge in [-0.3, -0.25) is 9.69 Å². The highest BCUT2D eigenvalue weighted by Crippen LogP contribution is 2.22. The Balaban J connectivity index is 2.16. The molecule has 0 heterocycles. The minimum absolute atomic E-state index is 0.0259. The van der Waals surface area contributed by atoms with Crippen molar-refractivity contribution < 1.29 is 4.79 Å². The van der Waals surface area contributed by atoms with Crippen LogP contribution in [-0.4, -0.2) is 37.5 Å². The van der Waals surface area contributed by atoms with Crippen molar-refractivity contribution in [3.63, 3.8) is 0 Å². The Hall–Kier alpha value is -0.830. The van der Waals surface area contributed by atoms with Gasteiger partial charge in [-0.25, -0.2) is 0 Å².